The Morgan fingerprint density at radius 3 is 2.36 bits per heavy atom. The molecule has 0 aliphatic carbocycles. The molecule has 0 amide bonds. The van der Waals surface area contributed by atoms with Gasteiger partial charge in [-0.25, -0.2) is 4.98 Å². The smallest absolute Gasteiger partial charge is 0.225 e. The lowest BCUT2D eigenvalue weighted by atomic mass is 10.0. The predicted molar refractivity (Wildman–Crippen MR) is 115 cm³/mol. The number of aryl methyl sites for hydroxylation is 1. The molecule has 7 heteroatoms. The molecule has 0 spiro atoms. The van der Waals surface area contributed by atoms with E-state index in [0.29, 0.717) is 0 Å². The van der Waals surface area contributed by atoms with Crippen molar-refractivity contribution in [2.75, 3.05) is 19.1 Å². The molecule has 0 saturated heterocycles. The van der Waals surface area contributed by atoms with Gasteiger partial charge in [-0.15, -0.1) is 11.3 Å². The molecule has 2 aromatic carbocycles. The molecular weight excluding hydrogens is 394 g/mol. The van der Waals surface area contributed by atoms with Crippen LogP contribution in [0.5, 0.6) is 11.5 Å². The van der Waals surface area contributed by atoms with Crippen LogP contribution < -0.4 is 9.64 Å². The second-order valence-corrected chi connectivity index (χ2v) is 7.87. The van der Waals surface area contributed by atoms with Crippen molar-refractivity contribution >= 4 is 44.7 Å². The van der Waals surface area contributed by atoms with Gasteiger partial charge >= 0.3 is 0 Å². The summed E-state index contributed by atoms with van der Waals surface area (Å²) in [7, 11) is 3.58. The molecular formula is C21H18ClN3O2S. The summed E-state index contributed by atoms with van der Waals surface area (Å²) in [6.45, 7) is 2.07. The Kier molecular flexibility index (Phi) is 4.83. The third kappa shape index (κ3) is 3.25. The molecule has 28 heavy (non-hydrogen) atoms. The van der Waals surface area contributed by atoms with Gasteiger partial charge in [-0.3, -0.25) is 0 Å². The highest BCUT2D eigenvalue weighted by molar-refractivity contribution is 7.19. The minimum absolute atomic E-state index is 0.204. The number of ether oxygens (including phenoxy) is 1. The maximum absolute atomic E-state index is 9.59. The Hall–Kier alpha value is -2.83. The van der Waals surface area contributed by atoms with Crippen molar-refractivity contribution in [3.8, 4) is 22.6 Å². The normalized spacial score (nSPS) is 11.0. The number of halogens is 1. The molecule has 2 heterocycles. The van der Waals surface area contributed by atoms with E-state index >= 15 is 0 Å². The van der Waals surface area contributed by atoms with Gasteiger partial charge < -0.3 is 14.7 Å². The van der Waals surface area contributed by atoms with Crippen molar-refractivity contribution in [2.45, 2.75) is 6.92 Å². The lowest BCUT2D eigenvalue weighted by molar-refractivity contribution is 0.415. The number of phenols is 1. The number of thiophene rings is 1. The van der Waals surface area contributed by atoms with E-state index in [9.17, 15) is 5.11 Å². The Balaban J connectivity index is 1.94. The van der Waals surface area contributed by atoms with E-state index in [-0.39, 0.29) is 11.0 Å². The summed E-state index contributed by atoms with van der Waals surface area (Å²) in [5.74, 6) is 1.74. The number of anilines is 2. The number of rotatable bonds is 4. The predicted octanol–water partition coefficient (Wildman–Crippen LogP) is 5.80. The van der Waals surface area contributed by atoms with Crippen molar-refractivity contribution in [1.29, 1.82) is 0 Å². The number of hydrogen-bond donors (Lipinski definition) is 1. The van der Waals surface area contributed by atoms with Crippen molar-refractivity contribution in [3.05, 3.63) is 58.7 Å². The highest BCUT2D eigenvalue weighted by Gasteiger charge is 2.21. The molecule has 0 unspecified atom stereocenters. The zero-order chi connectivity index (χ0) is 19.8. The fourth-order valence-corrected chi connectivity index (χ4v) is 4.47. The maximum atomic E-state index is 9.59. The first-order valence-electron chi connectivity index (χ1n) is 8.61. The minimum Gasteiger partial charge on any atom is -0.508 e. The summed E-state index contributed by atoms with van der Waals surface area (Å²) in [6.07, 6.45) is 0. The van der Waals surface area contributed by atoms with Crippen LogP contribution in [0, 0.1) is 6.92 Å². The Labute approximate surface area is 171 Å². The molecule has 0 radical (unpaired) electrons. The van der Waals surface area contributed by atoms with Crippen molar-refractivity contribution in [2.24, 2.45) is 0 Å². The number of hydrogen-bond acceptors (Lipinski definition) is 6. The van der Waals surface area contributed by atoms with Crippen molar-refractivity contribution in [1.82, 2.24) is 9.97 Å². The summed E-state index contributed by atoms with van der Waals surface area (Å²) in [4.78, 5) is 12.9. The Morgan fingerprint density at radius 2 is 1.71 bits per heavy atom. The zero-order valence-corrected chi connectivity index (χ0v) is 17.2. The maximum Gasteiger partial charge on any atom is 0.225 e. The van der Waals surface area contributed by atoms with Crippen LogP contribution in [0.25, 0.3) is 21.3 Å². The van der Waals surface area contributed by atoms with Crippen LogP contribution in [0.2, 0.25) is 5.28 Å². The van der Waals surface area contributed by atoms with Gasteiger partial charge in [0.15, 0.2) is 0 Å². The number of nitrogens with zero attached hydrogens (tertiary/aromatic N) is 3. The van der Waals surface area contributed by atoms with Gasteiger partial charge in [0.05, 0.1) is 12.5 Å². The SMILES string of the molecule is COc1ccc(-c2c(C)sc3nc(Cl)nc(N(C)c4ccc(O)cc4)c23)cc1. The Bertz CT molecular complexity index is 1140. The molecule has 1 N–H and O–H groups in total. The average Bonchev–Trinajstić information content (AvgIpc) is 3.03. The average molecular weight is 412 g/mol. The number of benzene rings is 2. The van der Waals surface area contributed by atoms with E-state index in [1.165, 1.54) is 0 Å². The van der Waals surface area contributed by atoms with Crippen molar-refractivity contribution in [3.63, 3.8) is 0 Å². The van der Waals surface area contributed by atoms with E-state index in [0.717, 1.165) is 43.5 Å². The summed E-state index contributed by atoms with van der Waals surface area (Å²) in [6, 6.07) is 14.9. The third-order valence-electron chi connectivity index (χ3n) is 4.61. The number of aromatic hydroxyl groups is 1. The van der Waals surface area contributed by atoms with Crippen LogP contribution in [0.3, 0.4) is 0 Å². The van der Waals surface area contributed by atoms with Gasteiger partial charge in [0.1, 0.15) is 22.1 Å². The topological polar surface area (TPSA) is 58.5 Å². The lowest BCUT2D eigenvalue weighted by Crippen LogP contribution is -2.12. The zero-order valence-electron chi connectivity index (χ0n) is 15.6. The van der Waals surface area contributed by atoms with E-state index < -0.39 is 0 Å². The number of aromatic nitrogens is 2. The molecule has 0 fully saturated rings. The molecule has 142 valence electrons. The summed E-state index contributed by atoms with van der Waals surface area (Å²) in [5.41, 5.74) is 3.04. The monoisotopic (exact) mass is 411 g/mol. The van der Waals surface area contributed by atoms with Gasteiger partial charge in [0.25, 0.3) is 0 Å². The van der Waals surface area contributed by atoms with Gasteiger partial charge in [-0.05, 0) is 60.5 Å². The molecule has 0 bridgehead atoms. The van der Waals surface area contributed by atoms with E-state index in [4.69, 9.17) is 16.3 Å². The molecule has 0 aliphatic heterocycles. The number of fused-ring (bicyclic) bond motifs is 1. The Morgan fingerprint density at radius 1 is 1.04 bits per heavy atom. The molecule has 4 aromatic rings. The third-order valence-corrected chi connectivity index (χ3v) is 5.78. The lowest BCUT2D eigenvalue weighted by Gasteiger charge is -2.20. The molecule has 4 rings (SSSR count). The summed E-state index contributed by atoms with van der Waals surface area (Å²) in [5, 5.41) is 10.7. The highest BCUT2D eigenvalue weighted by Crippen LogP contribution is 2.43. The molecule has 0 atom stereocenters. The second kappa shape index (κ2) is 7.30. The first kappa shape index (κ1) is 18.5. The second-order valence-electron chi connectivity index (χ2n) is 6.33. The largest absolute Gasteiger partial charge is 0.508 e. The number of phenolic OH excluding ortho intramolecular Hbond substituents is 1. The molecule has 2 aromatic heterocycles. The molecule has 0 saturated carbocycles. The van der Waals surface area contributed by atoms with Crippen LogP contribution >= 0.6 is 22.9 Å². The standard InChI is InChI=1S/C21H18ClN3O2S/c1-12-17(13-4-10-16(27-3)11-5-13)18-19(23-21(22)24-20(18)28-12)25(2)14-6-8-15(26)9-7-14/h4-11,26H,1-3H3. The van der Waals surface area contributed by atoms with Crippen LogP contribution in [0.4, 0.5) is 11.5 Å². The summed E-state index contributed by atoms with van der Waals surface area (Å²) < 4.78 is 5.28. The van der Waals surface area contributed by atoms with Crippen LogP contribution in [-0.4, -0.2) is 29.2 Å². The highest BCUT2D eigenvalue weighted by atomic mass is 35.5. The first-order chi connectivity index (χ1) is 13.5. The number of methoxy groups -OCH3 is 1. The van der Waals surface area contributed by atoms with Crippen LogP contribution in [-0.2, 0) is 0 Å². The fraction of sp³-hybridized carbons (Fsp3) is 0.143. The van der Waals surface area contributed by atoms with E-state index in [2.05, 4.69) is 16.9 Å². The molecule has 0 aliphatic rings. The van der Waals surface area contributed by atoms with Crippen LogP contribution in [0.15, 0.2) is 48.5 Å². The van der Waals surface area contributed by atoms with Crippen LogP contribution in [0.1, 0.15) is 4.88 Å². The van der Waals surface area contributed by atoms with Gasteiger partial charge in [0.2, 0.25) is 5.28 Å². The van der Waals surface area contributed by atoms with Crippen molar-refractivity contribution < 1.29 is 9.84 Å². The minimum atomic E-state index is 0.204. The summed E-state index contributed by atoms with van der Waals surface area (Å²) >= 11 is 7.82. The van der Waals surface area contributed by atoms with E-state index in [1.54, 1.807) is 30.6 Å². The molecule has 5 nitrogen and oxygen atoms in total. The van der Waals surface area contributed by atoms with Gasteiger partial charge in [-0.2, -0.15) is 4.98 Å². The van der Waals surface area contributed by atoms with E-state index in [1.807, 2.05) is 48.3 Å². The quantitative estimate of drug-likeness (QED) is 0.430. The fourth-order valence-electron chi connectivity index (χ4n) is 3.21. The first-order valence-corrected chi connectivity index (χ1v) is 9.81. The van der Waals surface area contributed by atoms with Gasteiger partial charge in [-0.1, -0.05) is 12.1 Å². The van der Waals surface area contributed by atoms with Gasteiger partial charge in [0, 0.05) is 23.2 Å².